The van der Waals surface area contributed by atoms with Gasteiger partial charge in [-0.05, 0) is 30.3 Å². The van der Waals surface area contributed by atoms with Gasteiger partial charge < -0.3 is 15.8 Å². The van der Waals surface area contributed by atoms with Gasteiger partial charge in [-0.15, -0.1) is 0 Å². The summed E-state index contributed by atoms with van der Waals surface area (Å²) >= 11 is 0. The Labute approximate surface area is 116 Å². The molecule has 0 aliphatic carbocycles. The van der Waals surface area contributed by atoms with E-state index in [1.807, 2.05) is 24.3 Å². The highest BCUT2D eigenvalue weighted by Gasteiger charge is 2.07. The van der Waals surface area contributed by atoms with Gasteiger partial charge in [0.2, 0.25) is 0 Å². The molecule has 0 fully saturated rings. The Morgan fingerprint density at radius 2 is 2.00 bits per heavy atom. The Bertz CT molecular complexity index is 648. The fraction of sp³-hybridized carbons (Fsp3) is 0.0667. The standard InChI is InChI=1S/C15H13N3O2/c16-9-11-8-12(17)6-7-14(11)20-10-15(19)18-13-4-2-1-3-5-13/h1-8H,10,17H2,(H,18,19). The minimum atomic E-state index is -0.295. The van der Waals surface area contributed by atoms with Gasteiger partial charge in [0.25, 0.3) is 5.91 Å². The Morgan fingerprint density at radius 3 is 2.70 bits per heavy atom. The maximum Gasteiger partial charge on any atom is 0.262 e. The molecule has 100 valence electrons. The number of rotatable bonds is 4. The van der Waals surface area contributed by atoms with E-state index in [-0.39, 0.29) is 12.5 Å². The second kappa shape index (κ2) is 6.25. The van der Waals surface area contributed by atoms with Crippen LogP contribution in [0.2, 0.25) is 0 Å². The first-order chi connectivity index (χ1) is 9.69. The van der Waals surface area contributed by atoms with E-state index >= 15 is 0 Å². The number of nitrogen functional groups attached to an aromatic ring is 1. The lowest BCUT2D eigenvalue weighted by Crippen LogP contribution is -2.20. The van der Waals surface area contributed by atoms with E-state index in [2.05, 4.69) is 5.32 Å². The van der Waals surface area contributed by atoms with Crippen molar-refractivity contribution in [2.24, 2.45) is 0 Å². The lowest BCUT2D eigenvalue weighted by atomic mass is 10.2. The van der Waals surface area contributed by atoms with Crippen molar-refractivity contribution in [3.63, 3.8) is 0 Å². The second-order valence-electron chi connectivity index (χ2n) is 4.07. The summed E-state index contributed by atoms with van der Waals surface area (Å²) in [6, 6.07) is 15.7. The molecule has 0 aliphatic heterocycles. The average molecular weight is 267 g/mol. The molecule has 2 aromatic rings. The Morgan fingerprint density at radius 1 is 1.25 bits per heavy atom. The molecule has 0 heterocycles. The quantitative estimate of drug-likeness (QED) is 0.831. The molecule has 20 heavy (non-hydrogen) atoms. The minimum absolute atomic E-state index is 0.173. The number of nitrogens with one attached hydrogen (secondary N) is 1. The molecule has 5 nitrogen and oxygen atoms in total. The van der Waals surface area contributed by atoms with Gasteiger partial charge in [-0.1, -0.05) is 18.2 Å². The molecular formula is C15H13N3O2. The third kappa shape index (κ3) is 3.50. The van der Waals surface area contributed by atoms with Gasteiger partial charge in [-0.25, -0.2) is 0 Å². The third-order valence-corrected chi connectivity index (χ3v) is 2.54. The zero-order valence-corrected chi connectivity index (χ0v) is 10.7. The highest BCUT2D eigenvalue weighted by molar-refractivity contribution is 5.91. The molecule has 0 bridgehead atoms. The predicted octanol–water partition coefficient (Wildman–Crippen LogP) is 2.16. The number of anilines is 2. The fourth-order valence-corrected chi connectivity index (χ4v) is 1.62. The number of benzene rings is 2. The zero-order valence-electron chi connectivity index (χ0n) is 10.7. The molecule has 0 aromatic heterocycles. The van der Waals surface area contributed by atoms with Crippen LogP contribution in [0.25, 0.3) is 0 Å². The van der Waals surface area contributed by atoms with E-state index in [0.717, 1.165) is 0 Å². The summed E-state index contributed by atoms with van der Waals surface area (Å²) in [6.45, 7) is -0.173. The van der Waals surface area contributed by atoms with Gasteiger partial charge >= 0.3 is 0 Å². The number of para-hydroxylation sites is 1. The van der Waals surface area contributed by atoms with E-state index in [1.54, 1.807) is 24.3 Å². The number of nitrogens with two attached hydrogens (primary N) is 1. The highest BCUT2D eigenvalue weighted by atomic mass is 16.5. The Kier molecular flexibility index (Phi) is 4.20. The summed E-state index contributed by atoms with van der Waals surface area (Å²) < 4.78 is 5.33. The van der Waals surface area contributed by atoms with E-state index in [1.165, 1.54) is 6.07 Å². The van der Waals surface area contributed by atoms with Crippen molar-refractivity contribution < 1.29 is 9.53 Å². The summed E-state index contributed by atoms with van der Waals surface area (Å²) in [5.74, 6) is 0.0434. The summed E-state index contributed by atoms with van der Waals surface area (Å²) in [6.07, 6.45) is 0. The van der Waals surface area contributed by atoms with Crippen LogP contribution in [0.1, 0.15) is 5.56 Å². The predicted molar refractivity (Wildman–Crippen MR) is 76.1 cm³/mol. The number of amides is 1. The molecule has 0 atom stereocenters. The van der Waals surface area contributed by atoms with Gasteiger partial charge in [-0.3, -0.25) is 4.79 Å². The molecular weight excluding hydrogens is 254 g/mol. The summed E-state index contributed by atoms with van der Waals surface area (Å²) in [7, 11) is 0. The van der Waals surface area contributed by atoms with Crippen molar-refractivity contribution >= 4 is 17.3 Å². The number of ether oxygens (including phenoxy) is 1. The molecule has 0 saturated carbocycles. The third-order valence-electron chi connectivity index (χ3n) is 2.54. The number of hydrogen-bond donors (Lipinski definition) is 2. The number of carbonyl (C=O) groups excluding carboxylic acids is 1. The van der Waals surface area contributed by atoms with Crippen molar-refractivity contribution in [2.75, 3.05) is 17.7 Å². The number of carbonyl (C=O) groups is 1. The van der Waals surface area contributed by atoms with Crippen molar-refractivity contribution in [3.8, 4) is 11.8 Å². The molecule has 3 N–H and O–H groups in total. The van der Waals surface area contributed by atoms with E-state index in [0.29, 0.717) is 22.7 Å². The van der Waals surface area contributed by atoms with Gasteiger partial charge in [0.15, 0.2) is 6.61 Å². The molecule has 0 aliphatic rings. The van der Waals surface area contributed by atoms with Crippen molar-refractivity contribution in [3.05, 3.63) is 54.1 Å². The minimum Gasteiger partial charge on any atom is -0.482 e. The zero-order chi connectivity index (χ0) is 14.4. The van der Waals surface area contributed by atoms with Crippen LogP contribution in [0.4, 0.5) is 11.4 Å². The van der Waals surface area contributed by atoms with Crippen molar-refractivity contribution in [2.45, 2.75) is 0 Å². The highest BCUT2D eigenvalue weighted by Crippen LogP contribution is 2.20. The molecule has 1 amide bonds. The summed E-state index contributed by atoms with van der Waals surface area (Å²) in [4.78, 5) is 11.7. The number of nitriles is 1. The van der Waals surface area contributed by atoms with Crippen LogP contribution < -0.4 is 15.8 Å². The van der Waals surface area contributed by atoms with E-state index < -0.39 is 0 Å². The topological polar surface area (TPSA) is 88.1 Å². The van der Waals surface area contributed by atoms with Gasteiger partial charge in [0.1, 0.15) is 11.8 Å². The lowest BCUT2D eigenvalue weighted by Gasteiger charge is -2.09. The van der Waals surface area contributed by atoms with Gasteiger partial charge in [0, 0.05) is 11.4 Å². The van der Waals surface area contributed by atoms with Crippen LogP contribution in [0.3, 0.4) is 0 Å². The van der Waals surface area contributed by atoms with Gasteiger partial charge in [-0.2, -0.15) is 5.26 Å². The van der Waals surface area contributed by atoms with E-state index in [4.69, 9.17) is 15.7 Å². The maximum absolute atomic E-state index is 11.7. The van der Waals surface area contributed by atoms with Crippen LogP contribution in [-0.4, -0.2) is 12.5 Å². The van der Waals surface area contributed by atoms with Gasteiger partial charge in [0.05, 0.1) is 5.56 Å². The second-order valence-corrected chi connectivity index (χ2v) is 4.07. The number of hydrogen-bond acceptors (Lipinski definition) is 4. The first-order valence-corrected chi connectivity index (χ1v) is 5.96. The first kappa shape index (κ1) is 13.4. The molecule has 0 spiro atoms. The maximum atomic E-state index is 11.7. The molecule has 2 aromatic carbocycles. The van der Waals surface area contributed by atoms with Crippen LogP contribution in [0.5, 0.6) is 5.75 Å². The molecule has 0 unspecified atom stereocenters. The van der Waals surface area contributed by atoms with Crippen molar-refractivity contribution in [1.82, 2.24) is 0 Å². The summed E-state index contributed by atoms with van der Waals surface area (Å²) in [5.41, 5.74) is 7.05. The fourth-order valence-electron chi connectivity index (χ4n) is 1.62. The molecule has 0 saturated heterocycles. The van der Waals surface area contributed by atoms with Crippen LogP contribution >= 0.6 is 0 Å². The van der Waals surface area contributed by atoms with Crippen LogP contribution in [-0.2, 0) is 4.79 Å². The first-order valence-electron chi connectivity index (χ1n) is 5.96. The SMILES string of the molecule is N#Cc1cc(N)ccc1OCC(=O)Nc1ccccc1. The normalized spacial score (nSPS) is 9.55. The van der Waals surface area contributed by atoms with Crippen LogP contribution in [0, 0.1) is 11.3 Å². The number of nitrogens with zero attached hydrogens (tertiary/aromatic N) is 1. The van der Waals surface area contributed by atoms with Crippen LogP contribution in [0.15, 0.2) is 48.5 Å². The van der Waals surface area contributed by atoms with Crippen molar-refractivity contribution in [1.29, 1.82) is 5.26 Å². The largest absolute Gasteiger partial charge is 0.482 e. The lowest BCUT2D eigenvalue weighted by molar-refractivity contribution is -0.118. The Hall–Kier alpha value is -3.00. The van der Waals surface area contributed by atoms with E-state index in [9.17, 15) is 4.79 Å². The smallest absolute Gasteiger partial charge is 0.262 e. The molecule has 0 radical (unpaired) electrons. The summed E-state index contributed by atoms with van der Waals surface area (Å²) in [5, 5.41) is 11.6. The Balaban J connectivity index is 1.96. The molecule has 2 rings (SSSR count). The monoisotopic (exact) mass is 267 g/mol. The average Bonchev–Trinajstić information content (AvgIpc) is 2.47. The molecule has 5 heteroatoms.